The number of carboxylic acid groups (broad SMARTS) is 1. The molecule has 0 radical (unpaired) electrons. The first kappa shape index (κ1) is 14.2. The molecule has 3 nitrogen and oxygen atoms in total. The fourth-order valence-corrected chi connectivity index (χ4v) is 1.86. The monoisotopic (exact) mass is 288 g/mol. The predicted molar refractivity (Wildman–Crippen MR) is 78.7 cm³/mol. The molecule has 0 fully saturated rings. The summed E-state index contributed by atoms with van der Waals surface area (Å²) in [6, 6.07) is 16.8. The first-order chi connectivity index (χ1) is 9.65. The molecule has 0 saturated carbocycles. The summed E-state index contributed by atoms with van der Waals surface area (Å²) in [5.74, 6) is -0.364. The molecule has 2 aromatic rings. The van der Waals surface area contributed by atoms with Crippen LogP contribution in [0.25, 0.3) is 5.03 Å². The second kappa shape index (κ2) is 6.78. The van der Waals surface area contributed by atoms with Crippen molar-refractivity contribution in [2.45, 2.75) is 6.61 Å². The Bertz CT molecular complexity index is 603. The highest BCUT2D eigenvalue weighted by molar-refractivity contribution is 6.50. The van der Waals surface area contributed by atoms with E-state index in [1.807, 2.05) is 30.3 Å². The van der Waals surface area contributed by atoms with Crippen LogP contribution in [0.1, 0.15) is 11.1 Å². The Kier molecular flexibility index (Phi) is 4.80. The SMILES string of the molecule is O=C(O)/C=C(/Cl)c1ccc(OCc2ccccc2)cc1. The van der Waals surface area contributed by atoms with Gasteiger partial charge in [0.2, 0.25) is 0 Å². The highest BCUT2D eigenvalue weighted by Crippen LogP contribution is 2.22. The van der Waals surface area contributed by atoms with Crippen LogP contribution in [0.5, 0.6) is 5.75 Å². The maximum Gasteiger partial charge on any atom is 0.329 e. The van der Waals surface area contributed by atoms with E-state index in [0.717, 1.165) is 11.6 Å². The van der Waals surface area contributed by atoms with E-state index in [4.69, 9.17) is 21.4 Å². The minimum Gasteiger partial charge on any atom is -0.489 e. The topological polar surface area (TPSA) is 46.5 Å². The number of hydrogen-bond acceptors (Lipinski definition) is 2. The van der Waals surface area contributed by atoms with Gasteiger partial charge in [-0.05, 0) is 35.4 Å². The molecule has 0 atom stereocenters. The van der Waals surface area contributed by atoms with E-state index in [9.17, 15) is 4.79 Å². The van der Waals surface area contributed by atoms with Crippen molar-refractivity contribution in [3.63, 3.8) is 0 Å². The maximum absolute atomic E-state index is 10.5. The Labute approximate surface area is 122 Å². The van der Waals surface area contributed by atoms with E-state index < -0.39 is 5.97 Å². The fourth-order valence-electron chi connectivity index (χ4n) is 1.64. The van der Waals surface area contributed by atoms with Gasteiger partial charge in [-0.25, -0.2) is 4.79 Å². The van der Waals surface area contributed by atoms with Gasteiger partial charge in [0.1, 0.15) is 12.4 Å². The van der Waals surface area contributed by atoms with Crippen LogP contribution < -0.4 is 4.74 Å². The van der Waals surface area contributed by atoms with Gasteiger partial charge in [-0.3, -0.25) is 0 Å². The van der Waals surface area contributed by atoms with E-state index in [0.29, 0.717) is 17.9 Å². The van der Waals surface area contributed by atoms with E-state index in [1.165, 1.54) is 0 Å². The lowest BCUT2D eigenvalue weighted by molar-refractivity contribution is -0.131. The van der Waals surface area contributed by atoms with Crippen molar-refractivity contribution in [3.8, 4) is 5.75 Å². The molecule has 0 aliphatic carbocycles. The van der Waals surface area contributed by atoms with Crippen molar-refractivity contribution in [1.29, 1.82) is 0 Å². The fraction of sp³-hybridized carbons (Fsp3) is 0.0625. The third-order valence-electron chi connectivity index (χ3n) is 2.63. The minimum absolute atomic E-state index is 0.187. The van der Waals surface area contributed by atoms with Crippen molar-refractivity contribution in [2.75, 3.05) is 0 Å². The number of halogens is 1. The number of rotatable bonds is 5. The van der Waals surface area contributed by atoms with Crippen molar-refractivity contribution < 1.29 is 14.6 Å². The number of ether oxygens (including phenoxy) is 1. The third-order valence-corrected chi connectivity index (χ3v) is 2.96. The summed E-state index contributed by atoms with van der Waals surface area (Å²) in [4.78, 5) is 10.5. The van der Waals surface area contributed by atoms with Gasteiger partial charge in [-0.2, -0.15) is 0 Å². The Hall–Kier alpha value is -2.26. The van der Waals surface area contributed by atoms with E-state index in [-0.39, 0.29) is 5.03 Å². The zero-order valence-corrected chi connectivity index (χ0v) is 11.4. The molecule has 0 heterocycles. The lowest BCUT2D eigenvalue weighted by Gasteiger charge is -2.07. The largest absolute Gasteiger partial charge is 0.489 e. The molecule has 2 aromatic carbocycles. The molecule has 102 valence electrons. The lowest BCUT2D eigenvalue weighted by atomic mass is 10.2. The van der Waals surface area contributed by atoms with Crippen LogP contribution in [-0.2, 0) is 11.4 Å². The van der Waals surface area contributed by atoms with E-state index in [1.54, 1.807) is 24.3 Å². The van der Waals surface area contributed by atoms with Crippen molar-refractivity contribution in [1.82, 2.24) is 0 Å². The maximum atomic E-state index is 10.5. The highest BCUT2D eigenvalue weighted by atomic mass is 35.5. The van der Waals surface area contributed by atoms with Gasteiger partial charge in [0.05, 0.1) is 5.03 Å². The molecule has 0 bridgehead atoms. The molecule has 0 aliphatic rings. The van der Waals surface area contributed by atoms with Gasteiger partial charge in [0.15, 0.2) is 0 Å². The number of benzene rings is 2. The summed E-state index contributed by atoms with van der Waals surface area (Å²) in [6.07, 6.45) is 0.960. The second-order valence-electron chi connectivity index (χ2n) is 4.13. The number of aliphatic carboxylic acids is 1. The van der Waals surface area contributed by atoms with Gasteiger partial charge in [-0.15, -0.1) is 0 Å². The number of hydrogen-bond donors (Lipinski definition) is 1. The number of carboxylic acids is 1. The van der Waals surface area contributed by atoms with E-state index in [2.05, 4.69) is 0 Å². The standard InChI is InChI=1S/C16H13ClO3/c17-15(10-16(18)19)13-6-8-14(9-7-13)20-11-12-4-2-1-3-5-12/h1-10H,11H2,(H,18,19)/b15-10+. The molecule has 0 aromatic heterocycles. The Morgan fingerprint density at radius 2 is 1.75 bits per heavy atom. The molecule has 0 unspecified atom stereocenters. The Morgan fingerprint density at radius 3 is 2.35 bits per heavy atom. The molecule has 0 aliphatic heterocycles. The molecule has 0 amide bonds. The zero-order chi connectivity index (χ0) is 14.4. The summed E-state index contributed by atoms with van der Waals surface area (Å²) in [7, 11) is 0. The molecule has 0 spiro atoms. The van der Waals surface area contributed by atoms with Crippen LogP contribution in [-0.4, -0.2) is 11.1 Å². The predicted octanol–water partition coefficient (Wildman–Crippen LogP) is 3.93. The van der Waals surface area contributed by atoms with Crippen molar-refractivity contribution in [3.05, 3.63) is 71.8 Å². The first-order valence-corrected chi connectivity index (χ1v) is 6.40. The summed E-state index contributed by atoms with van der Waals surface area (Å²) in [5.41, 5.74) is 1.72. The summed E-state index contributed by atoms with van der Waals surface area (Å²) < 4.78 is 5.63. The van der Waals surface area contributed by atoms with Gasteiger partial charge in [0, 0.05) is 6.08 Å². The smallest absolute Gasteiger partial charge is 0.329 e. The Morgan fingerprint density at radius 1 is 1.10 bits per heavy atom. The molecule has 1 N–H and O–H groups in total. The average Bonchev–Trinajstić information content (AvgIpc) is 2.46. The number of carbonyl (C=O) groups is 1. The lowest BCUT2D eigenvalue weighted by Crippen LogP contribution is -1.95. The van der Waals surface area contributed by atoms with Crippen LogP contribution in [0.15, 0.2) is 60.7 Å². The molecule has 0 saturated heterocycles. The van der Waals surface area contributed by atoms with Crippen molar-refractivity contribution in [2.24, 2.45) is 0 Å². The van der Waals surface area contributed by atoms with Crippen LogP contribution in [0.2, 0.25) is 0 Å². The van der Waals surface area contributed by atoms with Gasteiger partial charge in [-0.1, -0.05) is 41.9 Å². The zero-order valence-electron chi connectivity index (χ0n) is 10.6. The second-order valence-corrected chi connectivity index (χ2v) is 4.54. The van der Waals surface area contributed by atoms with Crippen LogP contribution in [0, 0.1) is 0 Å². The molecule has 2 rings (SSSR count). The van der Waals surface area contributed by atoms with E-state index >= 15 is 0 Å². The van der Waals surface area contributed by atoms with Crippen LogP contribution in [0.3, 0.4) is 0 Å². The van der Waals surface area contributed by atoms with Gasteiger partial charge < -0.3 is 9.84 Å². The van der Waals surface area contributed by atoms with Gasteiger partial charge in [0.25, 0.3) is 0 Å². The normalized spacial score (nSPS) is 11.2. The molecule has 20 heavy (non-hydrogen) atoms. The van der Waals surface area contributed by atoms with Crippen LogP contribution in [0.4, 0.5) is 0 Å². The minimum atomic E-state index is -1.07. The molecule has 4 heteroatoms. The summed E-state index contributed by atoms with van der Waals surface area (Å²) >= 11 is 5.87. The first-order valence-electron chi connectivity index (χ1n) is 6.02. The molecular formula is C16H13ClO3. The summed E-state index contributed by atoms with van der Waals surface area (Å²) in [6.45, 7) is 0.485. The van der Waals surface area contributed by atoms with Crippen LogP contribution >= 0.6 is 11.6 Å². The van der Waals surface area contributed by atoms with Gasteiger partial charge >= 0.3 is 5.97 Å². The third kappa shape index (κ3) is 4.14. The highest BCUT2D eigenvalue weighted by Gasteiger charge is 2.02. The average molecular weight is 289 g/mol. The summed E-state index contributed by atoms with van der Waals surface area (Å²) in [5, 5.41) is 8.81. The Balaban J connectivity index is 2.00. The molecular weight excluding hydrogens is 276 g/mol. The quantitative estimate of drug-likeness (QED) is 0.848. The van der Waals surface area contributed by atoms with Crippen molar-refractivity contribution >= 4 is 22.6 Å².